The molecule has 1 N–H and O–H groups in total. The third-order valence-electron chi connectivity index (χ3n) is 3.17. The highest BCUT2D eigenvalue weighted by Gasteiger charge is 2.34. The number of aliphatic carboxylic acids is 1. The molecule has 1 aromatic heterocycles. The van der Waals surface area contributed by atoms with Gasteiger partial charge in [0.2, 0.25) is 0 Å². The minimum Gasteiger partial charge on any atom is -0.481 e. The molecular formula is C11H17N3O2. The van der Waals surface area contributed by atoms with Gasteiger partial charge in [0.25, 0.3) is 0 Å². The molecule has 2 atom stereocenters. The Kier molecular flexibility index (Phi) is 2.96. The van der Waals surface area contributed by atoms with E-state index in [0.717, 1.165) is 18.7 Å². The van der Waals surface area contributed by atoms with Gasteiger partial charge in [-0.25, -0.2) is 0 Å². The molecule has 0 radical (unpaired) electrons. The van der Waals surface area contributed by atoms with Gasteiger partial charge in [-0.15, -0.1) is 0 Å². The molecule has 0 spiro atoms. The third kappa shape index (κ3) is 2.24. The Morgan fingerprint density at radius 3 is 2.88 bits per heavy atom. The van der Waals surface area contributed by atoms with Gasteiger partial charge in [0.1, 0.15) is 0 Å². The maximum absolute atomic E-state index is 11.0. The van der Waals surface area contributed by atoms with Gasteiger partial charge in [0.15, 0.2) is 0 Å². The van der Waals surface area contributed by atoms with Gasteiger partial charge in [0, 0.05) is 38.4 Å². The van der Waals surface area contributed by atoms with Crippen LogP contribution in [0.3, 0.4) is 0 Å². The molecule has 88 valence electrons. The maximum atomic E-state index is 11.0. The summed E-state index contributed by atoms with van der Waals surface area (Å²) in [5, 5.41) is 13.1. The first-order valence-corrected chi connectivity index (χ1v) is 5.49. The Morgan fingerprint density at radius 1 is 1.62 bits per heavy atom. The van der Waals surface area contributed by atoms with Crippen molar-refractivity contribution in [2.75, 3.05) is 13.1 Å². The van der Waals surface area contributed by atoms with Gasteiger partial charge in [-0.3, -0.25) is 14.4 Å². The molecule has 5 heteroatoms. The van der Waals surface area contributed by atoms with Crippen LogP contribution in [0.2, 0.25) is 0 Å². The van der Waals surface area contributed by atoms with E-state index in [1.54, 1.807) is 4.68 Å². The first-order valence-electron chi connectivity index (χ1n) is 5.49. The van der Waals surface area contributed by atoms with E-state index in [9.17, 15) is 4.79 Å². The van der Waals surface area contributed by atoms with Crippen LogP contribution in [0.15, 0.2) is 12.4 Å². The molecule has 0 aromatic carbocycles. The third-order valence-corrected chi connectivity index (χ3v) is 3.17. The summed E-state index contributed by atoms with van der Waals surface area (Å²) in [6.45, 7) is 4.29. The molecule has 1 aromatic rings. The zero-order valence-corrected chi connectivity index (χ0v) is 9.63. The molecule has 2 rings (SSSR count). The molecule has 5 nitrogen and oxygen atoms in total. The van der Waals surface area contributed by atoms with Crippen LogP contribution in [0.25, 0.3) is 0 Å². The predicted molar refractivity (Wildman–Crippen MR) is 58.8 cm³/mol. The molecular weight excluding hydrogens is 206 g/mol. The molecule has 0 aliphatic carbocycles. The van der Waals surface area contributed by atoms with E-state index < -0.39 is 5.97 Å². The monoisotopic (exact) mass is 223 g/mol. The molecule has 1 fully saturated rings. The highest BCUT2D eigenvalue weighted by molar-refractivity contribution is 5.71. The van der Waals surface area contributed by atoms with E-state index in [-0.39, 0.29) is 11.8 Å². The average Bonchev–Trinajstić information content (AvgIpc) is 2.73. The summed E-state index contributed by atoms with van der Waals surface area (Å²) in [5.74, 6) is -0.674. The maximum Gasteiger partial charge on any atom is 0.308 e. The van der Waals surface area contributed by atoms with Crippen molar-refractivity contribution in [3.8, 4) is 0 Å². The van der Waals surface area contributed by atoms with Crippen LogP contribution in [0.4, 0.5) is 0 Å². The van der Waals surface area contributed by atoms with Gasteiger partial charge < -0.3 is 5.11 Å². The highest BCUT2D eigenvalue weighted by atomic mass is 16.4. The molecule has 1 aliphatic heterocycles. The van der Waals surface area contributed by atoms with Gasteiger partial charge in [-0.1, -0.05) is 6.92 Å². The van der Waals surface area contributed by atoms with Crippen LogP contribution >= 0.6 is 0 Å². The predicted octanol–water partition coefficient (Wildman–Crippen LogP) is 0.573. The van der Waals surface area contributed by atoms with Crippen LogP contribution in [0.1, 0.15) is 12.5 Å². The van der Waals surface area contributed by atoms with Gasteiger partial charge in [0.05, 0.1) is 12.1 Å². The number of nitrogens with zero attached hydrogens (tertiary/aromatic N) is 3. The molecule has 1 aliphatic rings. The first kappa shape index (κ1) is 11.1. The molecule has 0 saturated carbocycles. The van der Waals surface area contributed by atoms with Crippen molar-refractivity contribution in [3.05, 3.63) is 18.0 Å². The number of aromatic nitrogens is 2. The lowest BCUT2D eigenvalue weighted by molar-refractivity contribution is -0.142. The van der Waals surface area contributed by atoms with Crippen molar-refractivity contribution in [2.24, 2.45) is 18.9 Å². The number of carbonyl (C=O) groups is 1. The second kappa shape index (κ2) is 4.25. The fourth-order valence-electron chi connectivity index (χ4n) is 2.33. The fourth-order valence-corrected chi connectivity index (χ4v) is 2.33. The Hall–Kier alpha value is -1.36. The van der Waals surface area contributed by atoms with Gasteiger partial charge in [-0.2, -0.15) is 5.10 Å². The SMILES string of the molecule is CC1CN(Cc2cnn(C)c2)CC1C(=O)O. The Morgan fingerprint density at radius 2 is 2.38 bits per heavy atom. The molecule has 2 heterocycles. The molecule has 0 amide bonds. The van der Waals surface area contributed by atoms with Crippen molar-refractivity contribution in [1.29, 1.82) is 0 Å². The highest BCUT2D eigenvalue weighted by Crippen LogP contribution is 2.24. The van der Waals surface area contributed by atoms with Crippen molar-refractivity contribution >= 4 is 5.97 Å². The second-order valence-corrected chi connectivity index (χ2v) is 4.64. The molecule has 1 saturated heterocycles. The van der Waals surface area contributed by atoms with Crippen molar-refractivity contribution in [1.82, 2.24) is 14.7 Å². The quantitative estimate of drug-likeness (QED) is 0.814. The van der Waals surface area contributed by atoms with Crippen molar-refractivity contribution in [2.45, 2.75) is 13.5 Å². The van der Waals surface area contributed by atoms with Crippen LogP contribution < -0.4 is 0 Å². The summed E-state index contributed by atoms with van der Waals surface area (Å²) in [6, 6.07) is 0. The summed E-state index contributed by atoms with van der Waals surface area (Å²) in [7, 11) is 1.89. The van der Waals surface area contributed by atoms with Gasteiger partial charge >= 0.3 is 5.97 Å². The Bertz CT molecular complexity index is 388. The number of carboxylic acid groups (broad SMARTS) is 1. The minimum atomic E-state index is -0.679. The Labute approximate surface area is 94.7 Å². The number of hydrogen-bond donors (Lipinski definition) is 1. The lowest BCUT2D eigenvalue weighted by Crippen LogP contribution is -2.23. The van der Waals surface area contributed by atoms with Crippen molar-refractivity contribution < 1.29 is 9.90 Å². The smallest absolute Gasteiger partial charge is 0.308 e. The van der Waals surface area contributed by atoms with Crippen LogP contribution in [-0.2, 0) is 18.4 Å². The number of rotatable bonds is 3. The lowest BCUT2D eigenvalue weighted by Gasteiger charge is -2.13. The second-order valence-electron chi connectivity index (χ2n) is 4.64. The number of aryl methyl sites for hydroxylation is 1. The van der Waals surface area contributed by atoms with E-state index in [1.165, 1.54) is 0 Å². The average molecular weight is 223 g/mol. The lowest BCUT2D eigenvalue weighted by atomic mass is 9.99. The zero-order valence-electron chi connectivity index (χ0n) is 9.63. The summed E-state index contributed by atoms with van der Waals surface area (Å²) >= 11 is 0. The van der Waals surface area contributed by atoms with Gasteiger partial charge in [-0.05, 0) is 5.92 Å². The van der Waals surface area contributed by atoms with E-state index in [4.69, 9.17) is 5.11 Å². The largest absolute Gasteiger partial charge is 0.481 e. The van der Waals surface area contributed by atoms with E-state index in [2.05, 4.69) is 10.00 Å². The van der Waals surface area contributed by atoms with Crippen molar-refractivity contribution in [3.63, 3.8) is 0 Å². The summed E-state index contributed by atoms with van der Waals surface area (Å²) in [5.41, 5.74) is 1.14. The first-order chi connectivity index (χ1) is 7.56. The normalized spacial score (nSPS) is 26.1. The van der Waals surface area contributed by atoms with E-state index in [0.29, 0.717) is 6.54 Å². The molecule has 16 heavy (non-hydrogen) atoms. The van der Waals surface area contributed by atoms with Crippen LogP contribution in [0, 0.1) is 11.8 Å². The number of carboxylic acids is 1. The van der Waals surface area contributed by atoms with E-state index >= 15 is 0 Å². The molecule has 2 unspecified atom stereocenters. The fraction of sp³-hybridized carbons (Fsp3) is 0.636. The summed E-state index contributed by atoms with van der Waals surface area (Å²) in [6.07, 6.45) is 3.80. The zero-order chi connectivity index (χ0) is 11.7. The number of likely N-dealkylation sites (tertiary alicyclic amines) is 1. The molecule has 0 bridgehead atoms. The number of hydrogen-bond acceptors (Lipinski definition) is 3. The Balaban J connectivity index is 1.96. The standard InChI is InChI=1S/C11H17N3O2/c1-8-4-14(7-10(8)11(15)16)6-9-3-12-13(2)5-9/h3,5,8,10H,4,6-7H2,1-2H3,(H,15,16). The summed E-state index contributed by atoms with van der Waals surface area (Å²) in [4.78, 5) is 13.2. The summed E-state index contributed by atoms with van der Waals surface area (Å²) < 4.78 is 1.77. The van der Waals surface area contributed by atoms with E-state index in [1.807, 2.05) is 26.4 Å². The minimum absolute atomic E-state index is 0.225. The topological polar surface area (TPSA) is 58.4 Å². The van der Waals surface area contributed by atoms with Crippen LogP contribution in [0.5, 0.6) is 0 Å². The van der Waals surface area contributed by atoms with Crippen LogP contribution in [-0.4, -0.2) is 38.8 Å².